The Hall–Kier alpha value is -1.79. The lowest BCUT2D eigenvalue weighted by atomic mass is 10.1. The molecule has 0 N–H and O–H groups in total. The molecule has 31 heavy (non-hydrogen) atoms. The topological polar surface area (TPSA) is 48.0 Å². The van der Waals surface area contributed by atoms with E-state index in [1.54, 1.807) is 18.2 Å². The van der Waals surface area contributed by atoms with Crippen LogP contribution in [0.25, 0.3) is 0 Å². The molecule has 1 unspecified atom stereocenters. The number of morpholine rings is 1. The number of hydrogen-bond acceptors (Lipinski definition) is 5. The average Bonchev–Trinajstić information content (AvgIpc) is 2.71. The minimum Gasteiger partial charge on any atom is -0.486 e. The van der Waals surface area contributed by atoms with Gasteiger partial charge in [-0.1, -0.05) is 53.5 Å². The van der Waals surface area contributed by atoms with Crippen molar-refractivity contribution in [2.24, 2.45) is 0 Å². The second kappa shape index (κ2) is 10.7. The first-order valence-electron chi connectivity index (χ1n) is 10.4. The maximum atomic E-state index is 12.0. The Morgan fingerprint density at radius 1 is 1.13 bits per heavy atom. The summed E-state index contributed by atoms with van der Waals surface area (Å²) in [6, 6.07) is 13.4. The van der Waals surface area contributed by atoms with Crippen LogP contribution in [0.4, 0.5) is 0 Å². The predicted octanol–water partition coefficient (Wildman–Crippen LogP) is 5.68. The third-order valence-electron chi connectivity index (χ3n) is 4.86. The van der Waals surface area contributed by atoms with Crippen LogP contribution < -0.4 is 4.74 Å². The average molecular weight is 466 g/mol. The summed E-state index contributed by atoms with van der Waals surface area (Å²) in [6.45, 7) is 8.87. The number of carbonyl (C=O) groups excluding carboxylic acids is 1. The van der Waals surface area contributed by atoms with Crippen molar-refractivity contribution >= 4 is 29.2 Å². The van der Waals surface area contributed by atoms with Gasteiger partial charge in [-0.15, -0.1) is 0 Å². The molecular weight excluding hydrogens is 437 g/mol. The third-order valence-corrected chi connectivity index (χ3v) is 5.45. The first-order chi connectivity index (χ1) is 14.7. The zero-order valence-corrected chi connectivity index (χ0v) is 19.7. The largest absolute Gasteiger partial charge is 0.486 e. The van der Waals surface area contributed by atoms with Crippen molar-refractivity contribution in [2.45, 2.75) is 45.5 Å². The van der Waals surface area contributed by atoms with Crippen molar-refractivity contribution in [2.75, 3.05) is 26.2 Å². The molecule has 0 bridgehead atoms. The molecule has 1 fully saturated rings. The van der Waals surface area contributed by atoms with Gasteiger partial charge in [0.15, 0.2) is 5.75 Å². The number of ether oxygens (including phenoxy) is 3. The third kappa shape index (κ3) is 7.39. The van der Waals surface area contributed by atoms with E-state index in [4.69, 9.17) is 37.4 Å². The van der Waals surface area contributed by atoms with E-state index in [1.807, 2.05) is 32.9 Å². The number of hydrogen-bond donors (Lipinski definition) is 0. The molecule has 0 amide bonds. The lowest BCUT2D eigenvalue weighted by Gasteiger charge is -2.33. The second-order valence-electron chi connectivity index (χ2n) is 8.58. The molecule has 5 nitrogen and oxygen atoms in total. The van der Waals surface area contributed by atoms with E-state index in [1.165, 1.54) is 0 Å². The molecule has 2 aromatic rings. The Morgan fingerprint density at radius 3 is 2.45 bits per heavy atom. The normalized spacial score (nSPS) is 17.4. The van der Waals surface area contributed by atoms with Crippen LogP contribution in [0.5, 0.6) is 5.75 Å². The summed E-state index contributed by atoms with van der Waals surface area (Å²) in [6.07, 6.45) is 0.352. The zero-order chi connectivity index (χ0) is 22.4. The Kier molecular flexibility index (Phi) is 8.23. The number of halogens is 2. The van der Waals surface area contributed by atoms with Crippen LogP contribution in [0.15, 0.2) is 42.5 Å². The van der Waals surface area contributed by atoms with E-state index in [0.717, 1.165) is 24.2 Å². The molecule has 0 saturated carbocycles. The van der Waals surface area contributed by atoms with Gasteiger partial charge in [0.05, 0.1) is 29.2 Å². The van der Waals surface area contributed by atoms with Gasteiger partial charge in [0.25, 0.3) is 0 Å². The van der Waals surface area contributed by atoms with E-state index in [-0.39, 0.29) is 12.1 Å². The SMILES string of the molecule is CC(C)(C)OC(=O)CCN1CCOC(c2ccc(COc3c(Cl)cccc3Cl)cc2)C1. The Bertz CT molecular complexity index is 860. The summed E-state index contributed by atoms with van der Waals surface area (Å²) in [5.41, 5.74) is 1.66. The van der Waals surface area contributed by atoms with Crippen LogP contribution in [0.2, 0.25) is 10.0 Å². The van der Waals surface area contributed by atoms with Crippen molar-refractivity contribution in [3.05, 3.63) is 63.6 Å². The second-order valence-corrected chi connectivity index (χ2v) is 9.39. The summed E-state index contributed by atoms with van der Waals surface area (Å²) >= 11 is 12.3. The standard InChI is InChI=1S/C24H29Cl2NO4/c1-24(2,3)31-22(28)11-12-27-13-14-29-21(15-27)18-9-7-17(8-10-18)16-30-23-19(25)5-4-6-20(23)26/h4-10,21H,11-16H2,1-3H3. The van der Waals surface area contributed by atoms with Crippen molar-refractivity contribution in [3.63, 3.8) is 0 Å². The first kappa shape index (κ1) is 23.9. The lowest BCUT2D eigenvalue weighted by Crippen LogP contribution is -2.39. The van der Waals surface area contributed by atoms with Gasteiger partial charge in [0, 0.05) is 19.6 Å². The zero-order valence-electron chi connectivity index (χ0n) is 18.2. The van der Waals surface area contributed by atoms with Crippen molar-refractivity contribution < 1.29 is 19.0 Å². The van der Waals surface area contributed by atoms with Crippen LogP contribution in [-0.4, -0.2) is 42.7 Å². The minimum atomic E-state index is -0.451. The Balaban J connectivity index is 1.51. The molecule has 0 aromatic heterocycles. The number of rotatable bonds is 7. The fraction of sp³-hybridized carbons (Fsp3) is 0.458. The monoisotopic (exact) mass is 465 g/mol. The molecule has 2 aromatic carbocycles. The highest BCUT2D eigenvalue weighted by Crippen LogP contribution is 2.33. The van der Waals surface area contributed by atoms with E-state index in [9.17, 15) is 4.79 Å². The highest BCUT2D eigenvalue weighted by molar-refractivity contribution is 6.37. The molecule has 1 heterocycles. The molecular formula is C24H29Cl2NO4. The number of benzene rings is 2. The van der Waals surface area contributed by atoms with Crippen LogP contribution >= 0.6 is 23.2 Å². The van der Waals surface area contributed by atoms with Gasteiger partial charge in [0.2, 0.25) is 0 Å². The molecule has 1 aliphatic rings. The highest BCUT2D eigenvalue weighted by atomic mass is 35.5. The van der Waals surface area contributed by atoms with Crippen molar-refractivity contribution in [1.82, 2.24) is 4.90 Å². The van der Waals surface area contributed by atoms with Crippen molar-refractivity contribution in [3.8, 4) is 5.75 Å². The van der Waals surface area contributed by atoms with Gasteiger partial charge < -0.3 is 14.2 Å². The van der Waals surface area contributed by atoms with Gasteiger partial charge >= 0.3 is 5.97 Å². The number of para-hydroxylation sites is 1. The van der Waals surface area contributed by atoms with Crippen LogP contribution in [0.3, 0.4) is 0 Å². The van der Waals surface area contributed by atoms with Crippen molar-refractivity contribution in [1.29, 1.82) is 0 Å². The molecule has 168 valence electrons. The molecule has 7 heteroatoms. The Labute approximate surface area is 194 Å². The molecule has 1 saturated heterocycles. The van der Waals surface area contributed by atoms with Crippen LogP contribution in [-0.2, 0) is 20.9 Å². The summed E-state index contributed by atoms with van der Waals surface area (Å²) < 4.78 is 17.2. The van der Waals surface area contributed by atoms with Gasteiger partial charge in [-0.25, -0.2) is 0 Å². The van der Waals surface area contributed by atoms with E-state index >= 15 is 0 Å². The number of esters is 1. The van der Waals surface area contributed by atoms with Crippen LogP contribution in [0.1, 0.15) is 44.4 Å². The van der Waals surface area contributed by atoms with E-state index in [0.29, 0.717) is 42.0 Å². The summed E-state index contributed by atoms with van der Waals surface area (Å²) in [7, 11) is 0. The summed E-state index contributed by atoms with van der Waals surface area (Å²) in [5.74, 6) is 0.324. The van der Waals surface area contributed by atoms with Crippen LogP contribution in [0, 0.1) is 0 Å². The molecule has 0 radical (unpaired) electrons. The van der Waals surface area contributed by atoms with Gasteiger partial charge in [0.1, 0.15) is 12.2 Å². The molecule has 3 rings (SSSR count). The Morgan fingerprint density at radius 2 is 1.81 bits per heavy atom. The van der Waals surface area contributed by atoms with Gasteiger partial charge in [-0.2, -0.15) is 0 Å². The number of nitrogens with zero attached hydrogens (tertiary/aromatic N) is 1. The quantitative estimate of drug-likeness (QED) is 0.492. The molecule has 1 atom stereocenters. The van der Waals surface area contributed by atoms with E-state index in [2.05, 4.69) is 17.0 Å². The maximum absolute atomic E-state index is 12.0. The summed E-state index contributed by atoms with van der Waals surface area (Å²) in [4.78, 5) is 14.2. The smallest absolute Gasteiger partial charge is 0.307 e. The van der Waals surface area contributed by atoms with Gasteiger partial charge in [-0.3, -0.25) is 9.69 Å². The molecule has 1 aliphatic heterocycles. The summed E-state index contributed by atoms with van der Waals surface area (Å²) in [5, 5.41) is 0.984. The highest BCUT2D eigenvalue weighted by Gasteiger charge is 2.23. The number of carbonyl (C=O) groups is 1. The van der Waals surface area contributed by atoms with Gasteiger partial charge in [-0.05, 0) is 44.0 Å². The predicted molar refractivity (Wildman–Crippen MR) is 123 cm³/mol. The molecule has 0 spiro atoms. The molecule has 0 aliphatic carbocycles. The fourth-order valence-corrected chi connectivity index (χ4v) is 3.86. The fourth-order valence-electron chi connectivity index (χ4n) is 3.35. The minimum absolute atomic E-state index is 0.0274. The maximum Gasteiger partial charge on any atom is 0.307 e. The lowest BCUT2D eigenvalue weighted by molar-refractivity contribution is -0.155. The first-order valence-corrected chi connectivity index (χ1v) is 11.2. The van der Waals surface area contributed by atoms with E-state index < -0.39 is 5.60 Å².